The summed E-state index contributed by atoms with van der Waals surface area (Å²) >= 11 is 0. The first kappa shape index (κ1) is 12.1. The maximum atomic E-state index is 12.8. The minimum Gasteiger partial charge on any atom is -0.472 e. The van der Waals surface area contributed by atoms with Crippen molar-refractivity contribution in [3.8, 4) is 0 Å². The van der Waals surface area contributed by atoms with Crippen LogP contribution in [0.15, 0.2) is 30.5 Å². The van der Waals surface area contributed by atoms with Gasteiger partial charge in [0.1, 0.15) is 5.82 Å². The second-order valence-corrected chi connectivity index (χ2v) is 4.24. The van der Waals surface area contributed by atoms with Crippen LogP contribution >= 0.6 is 0 Å². The smallest absolute Gasteiger partial charge is 0.198 e. The molecule has 1 aliphatic heterocycles. The Bertz CT molecular complexity index is 378. The van der Waals surface area contributed by atoms with E-state index in [4.69, 9.17) is 9.47 Å². The molecule has 1 aliphatic rings. The monoisotopic (exact) mass is 236 g/mol. The van der Waals surface area contributed by atoms with Gasteiger partial charge in [-0.25, -0.2) is 4.39 Å². The average Bonchev–Trinajstić information content (AvgIpc) is 2.38. The van der Waals surface area contributed by atoms with Crippen molar-refractivity contribution in [1.82, 2.24) is 0 Å². The highest BCUT2D eigenvalue weighted by molar-refractivity contribution is 5.62. The molecule has 0 aliphatic carbocycles. The van der Waals surface area contributed by atoms with Crippen molar-refractivity contribution in [2.45, 2.75) is 32.5 Å². The molecule has 2 rings (SSSR count). The lowest BCUT2D eigenvalue weighted by Gasteiger charge is -2.22. The standard InChI is InChI=1S/C14H17FO2/c1-11(12-5-7-13(15)8-6-12)10-17-14-4-2-3-9-16-14/h5-8,10,14H,2-4,9H2,1H3/b11-10+. The Morgan fingerprint density at radius 2 is 2.12 bits per heavy atom. The van der Waals surface area contributed by atoms with Gasteiger partial charge in [-0.15, -0.1) is 0 Å². The fraction of sp³-hybridized carbons (Fsp3) is 0.429. The van der Waals surface area contributed by atoms with Crippen LogP contribution < -0.4 is 0 Å². The largest absolute Gasteiger partial charge is 0.472 e. The molecule has 1 fully saturated rings. The zero-order valence-electron chi connectivity index (χ0n) is 9.99. The second-order valence-electron chi connectivity index (χ2n) is 4.24. The number of rotatable bonds is 3. The molecule has 0 bridgehead atoms. The van der Waals surface area contributed by atoms with Gasteiger partial charge in [-0.2, -0.15) is 0 Å². The fourth-order valence-electron chi connectivity index (χ4n) is 1.78. The van der Waals surface area contributed by atoms with Crippen molar-refractivity contribution >= 4 is 5.57 Å². The summed E-state index contributed by atoms with van der Waals surface area (Å²) in [5, 5.41) is 0. The van der Waals surface area contributed by atoms with Gasteiger partial charge in [-0.05, 0) is 43.0 Å². The van der Waals surface area contributed by atoms with Crippen LogP contribution in [0.2, 0.25) is 0 Å². The van der Waals surface area contributed by atoms with E-state index >= 15 is 0 Å². The molecule has 17 heavy (non-hydrogen) atoms. The topological polar surface area (TPSA) is 18.5 Å². The summed E-state index contributed by atoms with van der Waals surface area (Å²) in [6.07, 6.45) is 4.77. The molecule has 0 spiro atoms. The Labute approximate surface area is 101 Å². The first-order chi connectivity index (χ1) is 8.25. The molecule has 92 valence electrons. The number of ether oxygens (including phenoxy) is 2. The molecular formula is C14H17FO2. The van der Waals surface area contributed by atoms with Crippen LogP contribution in [0.5, 0.6) is 0 Å². The minimum atomic E-state index is -0.224. The lowest BCUT2D eigenvalue weighted by atomic mass is 10.1. The van der Waals surface area contributed by atoms with Gasteiger partial charge in [-0.3, -0.25) is 0 Å². The minimum absolute atomic E-state index is 0.126. The first-order valence-corrected chi connectivity index (χ1v) is 5.95. The van der Waals surface area contributed by atoms with Gasteiger partial charge < -0.3 is 9.47 Å². The summed E-state index contributed by atoms with van der Waals surface area (Å²) in [4.78, 5) is 0. The van der Waals surface area contributed by atoms with E-state index in [1.807, 2.05) is 6.92 Å². The van der Waals surface area contributed by atoms with Crippen LogP contribution in [0.4, 0.5) is 4.39 Å². The van der Waals surface area contributed by atoms with Crippen LogP contribution in [0.3, 0.4) is 0 Å². The van der Waals surface area contributed by atoms with Crippen molar-refractivity contribution in [3.05, 3.63) is 41.9 Å². The maximum Gasteiger partial charge on any atom is 0.198 e. The van der Waals surface area contributed by atoms with E-state index < -0.39 is 0 Å². The van der Waals surface area contributed by atoms with Gasteiger partial charge in [0.2, 0.25) is 0 Å². The molecule has 0 N–H and O–H groups in total. The van der Waals surface area contributed by atoms with Gasteiger partial charge >= 0.3 is 0 Å². The van der Waals surface area contributed by atoms with Crippen molar-refractivity contribution in [3.63, 3.8) is 0 Å². The highest BCUT2D eigenvalue weighted by atomic mass is 19.1. The van der Waals surface area contributed by atoms with Crippen LogP contribution in [0.1, 0.15) is 31.7 Å². The molecule has 0 radical (unpaired) electrons. The highest BCUT2D eigenvalue weighted by Crippen LogP contribution is 2.18. The lowest BCUT2D eigenvalue weighted by Crippen LogP contribution is -2.20. The highest BCUT2D eigenvalue weighted by Gasteiger charge is 2.13. The maximum absolute atomic E-state index is 12.8. The van der Waals surface area contributed by atoms with Crippen molar-refractivity contribution in [2.24, 2.45) is 0 Å². The molecule has 0 saturated carbocycles. The predicted octanol–water partition coefficient (Wildman–Crippen LogP) is 3.73. The Kier molecular flexibility index (Phi) is 4.15. The van der Waals surface area contributed by atoms with Gasteiger partial charge in [0.05, 0.1) is 12.9 Å². The van der Waals surface area contributed by atoms with Crippen molar-refractivity contribution < 1.29 is 13.9 Å². The Morgan fingerprint density at radius 3 is 2.76 bits per heavy atom. The average molecular weight is 236 g/mol. The van der Waals surface area contributed by atoms with Gasteiger partial charge in [0.25, 0.3) is 0 Å². The Hall–Kier alpha value is -1.35. The molecule has 1 aromatic carbocycles. The SMILES string of the molecule is C/C(=C\OC1CCCCO1)c1ccc(F)cc1. The molecule has 0 aromatic heterocycles. The van der Waals surface area contributed by atoms with E-state index in [1.165, 1.54) is 12.1 Å². The molecule has 3 heteroatoms. The molecular weight excluding hydrogens is 219 g/mol. The van der Waals surface area contributed by atoms with Gasteiger partial charge in [0.15, 0.2) is 6.29 Å². The number of allylic oxidation sites excluding steroid dienone is 1. The summed E-state index contributed by atoms with van der Waals surface area (Å²) in [5.41, 5.74) is 1.93. The van der Waals surface area contributed by atoms with E-state index in [9.17, 15) is 4.39 Å². The number of benzene rings is 1. The summed E-state index contributed by atoms with van der Waals surface area (Å²) in [5.74, 6) is -0.224. The quantitative estimate of drug-likeness (QED) is 0.744. The third-order valence-corrected chi connectivity index (χ3v) is 2.83. The van der Waals surface area contributed by atoms with E-state index in [0.717, 1.165) is 37.0 Å². The molecule has 1 saturated heterocycles. The molecule has 1 aromatic rings. The van der Waals surface area contributed by atoms with Crippen LogP contribution in [0.25, 0.3) is 5.57 Å². The molecule has 1 heterocycles. The molecule has 1 unspecified atom stereocenters. The summed E-state index contributed by atoms with van der Waals surface area (Å²) in [6, 6.07) is 6.38. The van der Waals surface area contributed by atoms with Crippen molar-refractivity contribution in [2.75, 3.05) is 6.61 Å². The first-order valence-electron chi connectivity index (χ1n) is 5.95. The number of hydrogen-bond donors (Lipinski definition) is 0. The van der Waals surface area contributed by atoms with Crippen LogP contribution in [0, 0.1) is 5.82 Å². The van der Waals surface area contributed by atoms with E-state index in [1.54, 1.807) is 18.4 Å². The summed E-state index contributed by atoms with van der Waals surface area (Å²) in [7, 11) is 0. The number of halogens is 1. The van der Waals surface area contributed by atoms with Crippen molar-refractivity contribution in [1.29, 1.82) is 0 Å². The molecule has 2 nitrogen and oxygen atoms in total. The fourth-order valence-corrected chi connectivity index (χ4v) is 1.78. The van der Waals surface area contributed by atoms with Gasteiger partial charge in [0, 0.05) is 6.42 Å². The van der Waals surface area contributed by atoms with E-state index in [-0.39, 0.29) is 12.1 Å². The predicted molar refractivity (Wildman–Crippen MR) is 64.7 cm³/mol. The Morgan fingerprint density at radius 1 is 1.35 bits per heavy atom. The zero-order valence-corrected chi connectivity index (χ0v) is 9.99. The van der Waals surface area contributed by atoms with Crippen LogP contribution in [-0.4, -0.2) is 12.9 Å². The second kappa shape index (κ2) is 5.82. The van der Waals surface area contributed by atoms with E-state index in [0.29, 0.717) is 0 Å². The van der Waals surface area contributed by atoms with E-state index in [2.05, 4.69) is 0 Å². The normalized spacial score (nSPS) is 21.3. The van der Waals surface area contributed by atoms with Gasteiger partial charge in [-0.1, -0.05) is 12.1 Å². The molecule has 0 amide bonds. The zero-order chi connectivity index (χ0) is 12.1. The summed E-state index contributed by atoms with van der Waals surface area (Å²) in [6.45, 7) is 2.71. The summed E-state index contributed by atoms with van der Waals surface area (Å²) < 4.78 is 23.8. The molecule has 1 atom stereocenters. The lowest BCUT2D eigenvalue weighted by molar-refractivity contribution is -0.129. The van der Waals surface area contributed by atoms with Crippen LogP contribution in [-0.2, 0) is 9.47 Å². The third kappa shape index (κ3) is 3.56. The number of hydrogen-bond acceptors (Lipinski definition) is 2. The Balaban J connectivity index is 1.94. The third-order valence-electron chi connectivity index (χ3n) is 2.83.